The molecule has 1 aliphatic rings. The van der Waals surface area contributed by atoms with Crippen molar-refractivity contribution in [3.05, 3.63) is 24.6 Å². The van der Waals surface area contributed by atoms with Gasteiger partial charge in [-0.05, 0) is 37.8 Å². The van der Waals surface area contributed by atoms with E-state index in [9.17, 15) is 0 Å². The highest BCUT2D eigenvalue weighted by atomic mass is 16.5. The Bertz CT molecular complexity index is 384. The lowest BCUT2D eigenvalue weighted by atomic mass is 10.1. The number of rotatable bonds is 3. The molecule has 1 aliphatic heterocycles. The summed E-state index contributed by atoms with van der Waals surface area (Å²) in [6.45, 7) is 6.15. The van der Waals surface area contributed by atoms with Crippen LogP contribution in [0, 0.1) is 6.92 Å². The minimum atomic E-state index is 0.746. The normalized spacial score (nSPS) is 15.8. The minimum Gasteiger partial charge on any atom is -0.492 e. The molecule has 1 radical (unpaired) electrons. The van der Waals surface area contributed by atoms with E-state index < -0.39 is 0 Å². The Morgan fingerprint density at radius 1 is 1.00 bits per heavy atom. The lowest BCUT2D eigenvalue weighted by Gasteiger charge is -2.30. The van der Waals surface area contributed by atoms with Crippen LogP contribution < -0.4 is 14.4 Å². The van der Waals surface area contributed by atoms with E-state index in [1.807, 2.05) is 6.07 Å². The minimum absolute atomic E-state index is 0.746. The zero-order valence-corrected chi connectivity index (χ0v) is 10.7. The highest BCUT2D eigenvalue weighted by Crippen LogP contribution is 2.40. The average Bonchev–Trinajstić information content (AvgIpc) is 2.39. The summed E-state index contributed by atoms with van der Waals surface area (Å²) < 4.78 is 10.9. The van der Waals surface area contributed by atoms with Gasteiger partial charge in [-0.1, -0.05) is 6.07 Å². The largest absolute Gasteiger partial charge is 0.492 e. The molecule has 1 saturated heterocycles. The summed E-state index contributed by atoms with van der Waals surface area (Å²) in [5, 5.41) is 0. The fourth-order valence-electron chi connectivity index (χ4n) is 2.40. The summed E-state index contributed by atoms with van der Waals surface area (Å²) in [5.41, 5.74) is 1.99. The molecule has 0 aliphatic carbocycles. The Morgan fingerprint density at radius 3 is 2.24 bits per heavy atom. The van der Waals surface area contributed by atoms with Crippen molar-refractivity contribution in [2.75, 3.05) is 32.2 Å². The molecule has 0 unspecified atom stereocenters. The summed E-state index contributed by atoms with van der Waals surface area (Å²) in [7, 11) is 3.34. The molecule has 0 amide bonds. The molecule has 0 N–H and O–H groups in total. The van der Waals surface area contributed by atoms with Gasteiger partial charge in [0.05, 0.1) is 19.9 Å². The van der Waals surface area contributed by atoms with E-state index in [2.05, 4.69) is 17.9 Å². The quantitative estimate of drug-likeness (QED) is 0.802. The van der Waals surface area contributed by atoms with Crippen LogP contribution in [0.15, 0.2) is 12.1 Å². The van der Waals surface area contributed by atoms with Crippen LogP contribution >= 0.6 is 0 Å². The topological polar surface area (TPSA) is 21.7 Å². The van der Waals surface area contributed by atoms with E-state index in [0.29, 0.717) is 0 Å². The van der Waals surface area contributed by atoms with Gasteiger partial charge in [-0.15, -0.1) is 0 Å². The molecule has 0 spiro atoms. The first kappa shape index (κ1) is 12.1. The van der Waals surface area contributed by atoms with Crippen molar-refractivity contribution in [1.82, 2.24) is 0 Å². The summed E-state index contributed by atoms with van der Waals surface area (Å²) >= 11 is 0. The second kappa shape index (κ2) is 5.30. The molecule has 17 heavy (non-hydrogen) atoms. The molecule has 0 saturated carbocycles. The van der Waals surface area contributed by atoms with E-state index in [-0.39, 0.29) is 0 Å². The fourth-order valence-corrected chi connectivity index (χ4v) is 2.40. The highest BCUT2D eigenvalue weighted by Gasteiger charge is 2.19. The zero-order valence-electron chi connectivity index (χ0n) is 10.7. The first-order valence-corrected chi connectivity index (χ1v) is 6.10. The van der Waals surface area contributed by atoms with Gasteiger partial charge in [0.1, 0.15) is 0 Å². The maximum absolute atomic E-state index is 5.49. The van der Waals surface area contributed by atoms with Crippen molar-refractivity contribution in [3.8, 4) is 11.5 Å². The van der Waals surface area contributed by atoms with Crippen LogP contribution in [0.25, 0.3) is 0 Å². The number of benzene rings is 1. The van der Waals surface area contributed by atoms with Gasteiger partial charge in [-0.3, -0.25) is 0 Å². The maximum atomic E-state index is 5.49. The molecule has 3 nitrogen and oxygen atoms in total. The molecule has 93 valence electrons. The summed E-state index contributed by atoms with van der Waals surface area (Å²) in [6.07, 6.45) is 3.82. The number of nitrogens with zero attached hydrogens (tertiary/aromatic N) is 1. The van der Waals surface area contributed by atoms with E-state index in [1.165, 1.54) is 19.3 Å². The van der Waals surface area contributed by atoms with E-state index in [4.69, 9.17) is 9.47 Å². The van der Waals surface area contributed by atoms with E-state index in [1.54, 1.807) is 14.2 Å². The first-order chi connectivity index (χ1) is 8.27. The third-order valence-corrected chi connectivity index (χ3v) is 3.28. The van der Waals surface area contributed by atoms with Gasteiger partial charge in [0.2, 0.25) is 0 Å². The molecule has 1 aromatic rings. The Hall–Kier alpha value is -1.38. The third-order valence-electron chi connectivity index (χ3n) is 3.28. The van der Waals surface area contributed by atoms with Gasteiger partial charge < -0.3 is 14.4 Å². The Kier molecular flexibility index (Phi) is 3.77. The number of piperidine rings is 1. The monoisotopic (exact) mass is 234 g/mol. The Labute approximate surface area is 103 Å². The Balaban J connectivity index is 2.38. The van der Waals surface area contributed by atoms with Gasteiger partial charge >= 0.3 is 0 Å². The van der Waals surface area contributed by atoms with Crippen LogP contribution in [-0.4, -0.2) is 27.3 Å². The van der Waals surface area contributed by atoms with Gasteiger partial charge in [0.25, 0.3) is 0 Å². The number of ether oxygens (including phenoxy) is 2. The van der Waals surface area contributed by atoms with Gasteiger partial charge in [-0.25, -0.2) is 0 Å². The lowest BCUT2D eigenvalue weighted by Crippen LogP contribution is -2.29. The second-order valence-electron chi connectivity index (χ2n) is 4.36. The molecule has 0 aromatic heterocycles. The van der Waals surface area contributed by atoms with Crippen molar-refractivity contribution in [2.24, 2.45) is 0 Å². The van der Waals surface area contributed by atoms with Crippen LogP contribution in [0.3, 0.4) is 0 Å². The predicted octanol–water partition coefficient (Wildman–Crippen LogP) is 2.88. The van der Waals surface area contributed by atoms with Crippen molar-refractivity contribution in [1.29, 1.82) is 0 Å². The number of hydrogen-bond acceptors (Lipinski definition) is 3. The molecule has 0 bridgehead atoms. The third kappa shape index (κ3) is 2.33. The van der Waals surface area contributed by atoms with Crippen LogP contribution in [0.5, 0.6) is 11.5 Å². The van der Waals surface area contributed by atoms with Crippen LogP contribution in [-0.2, 0) is 0 Å². The van der Waals surface area contributed by atoms with Crippen LogP contribution in [0.4, 0.5) is 5.69 Å². The smallest absolute Gasteiger partial charge is 0.184 e. The molecule has 0 atom stereocenters. The van der Waals surface area contributed by atoms with Crippen molar-refractivity contribution >= 4 is 5.69 Å². The molecular formula is C14H20NO2. The van der Waals surface area contributed by atoms with Gasteiger partial charge in [-0.2, -0.15) is 0 Å². The molecule has 1 aromatic carbocycles. The number of anilines is 1. The fraction of sp³-hybridized carbons (Fsp3) is 0.500. The number of methoxy groups -OCH3 is 2. The molecule has 3 heteroatoms. The first-order valence-electron chi connectivity index (χ1n) is 6.10. The van der Waals surface area contributed by atoms with Gasteiger partial charge in [0.15, 0.2) is 11.5 Å². The van der Waals surface area contributed by atoms with Crippen molar-refractivity contribution in [2.45, 2.75) is 19.3 Å². The van der Waals surface area contributed by atoms with Gasteiger partial charge in [0, 0.05) is 13.1 Å². The summed E-state index contributed by atoms with van der Waals surface area (Å²) in [5.74, 6) is 1.55. The second-order valence-corrected chi connectivity index (χ2v) is 4.36. The molecule has 2 rings (SSSR count). The molecular weight excluding hydrogens is 214 g/mol. The molecule has 1 heterocycles. The highest BCUT2D eigenvalue weighted by molar-refractivity contribution is 5.67. The van der Waals surface area contributed by atoms with Crippen molar-refractivity contribution in [3.63, 3.8) is 0 Å². The summed E-state index contributed by atoms with van der Waals surface area (Å²) in [6, 6.07) is 4.07. The van der Waals surface area contributed by atoms with E-state index in [0.717, 1.165) is 35.8 Å². The number of hydrogen-bond donors (Lipinski definition) is 0. The Morgan fingerprint density at radius 2 is 1.65 bits per heavy atom. The van der Waals surface area contributed by atoms with Crippen LogP contribution in [0.2, 0.25) is 0 Å². The van der Waals surface area contributed by atoms with Crippen LogP contribution in [0.1, 0.15) is 24.8 Å². The predicted molar refractivity (Wildman–Crippen MR) is 70.1 cm³/mol. The molecule has 1 fully saturated rings. The SMILES string of the molecule is [CH2]c1ccc(N2CCCCC2)c(OC)c1OC. The van der Waals surface area contributed by atoms with E-state index >= 15 is 0 Å². The standard InChI is InChI=1S/C14H20NO2/c1-11-7-8-12(14(17-3)13(11)16-2)15-9-5-4-6-10-15/h7-8H,1,4-6,9-10H2,2-3H3. The zero-order chi connectivity index (χ0) is 12.3. The maximum Gasteiger partial charge on any atom is 0.184 e. The lowest BCUT2D eigenvalue weighted by molar-refractivity contribution is 0.353. The summed E-state index contributed by atoms with van der Waals surface area (Å²) in [4.78, 5) is 2.37. The average molecular weight is 234 g/mol. The van der Waals surface area contributed by atoms with Crippen molar-refractivity contribution < 1.29 is 9.47 Å².